The van der Waals surface area contributed by atoms with Crippen molar-refractivity contribution in [1.82, 2.24) is 4.90 Å². The third kappa shape index (κ3) is 2.88. The van der Waals surface area contributed by atoms with Crippen molar-refractivity contribution in [3.8, 4) is 0 Å². The van der Waals surface area contributed by atoms with Gasteiger partial charge in [-0.2, -0.15) is 0 Å². The van der Waals surface area contributed by atoms with Crippen LogP contribution in [0, 0.1) is 5.92 Å². The van der Waals surface area contributed by atoms with E-state index in [0.717, 1.165) is 42.5 Å². The van der Waals surface area contributed by atoms with Crippen molar-refractivity contribution in [2.75, 3.05) is 18.4 Å². The number of carbonyl (C=O) groups is 3. The molecule has 1 atom stereocenters. The first-order valence-corrected chi connectivity index (χ1v) is 11.0. The molecular formula is C25H24N2O4. The largest absolute Gasteiger partial charge is 0.449 e. The van der Waals surface area contributed by atoms with E-state index in [1.54, 1.807) is 6.07 Å². The van der Waals surface area contributed by atoms with E-state index in [1.165, 1.54) is 0 Å². The number of benzene rings is 2. The van der Waals surface area contributed by atoms with Crippen LogP contribution < -0.4 is 5.32 Å². The minimum Gasteiger partial charge on any atom is -0.449 e. The highest BCUT2D eigenvalue weighted by Gasteiger charge is 2.57. The minimum atomic E-state index is -0.712. The zero-order chi connectivity index (χ0) is 21.2. The second-order valence-electron chi connectivity index (χ2n) is 9.33. The van der Waals surface area contributed by atoms with Gasteiger partial charge < -0.3 is 15.0 Å². The van der Waals surface area contributed by atoms with Crippen LogP contribution in [0.15, 0.2) is 48.5 Å². The molecule has 2 aliphatic heterocycles. The first-order valence-electron chi connectivity index (χ1n) is 11.0. The molecular weight excluding hydrogens is 392 g/mol. The first kappa shape index (κ1) is 18.6. The minimum absolute atomic E-state index is 0.0821. The number of ether oxygens (including phenoxy) is 1. The van der Waals surface area contributed by atoms with Gasteiger partial charge in [-0.05, 0) is 49.4 Å². The van der Waals surface area contributed by atoms with Gasteiger partial charge in [-0.3, -0.25) is 9.59 Å². The lowest BCUT2D eigenvalue weighted by Gasteiger charge is -2.27. The molecule has 6 rings (SSSR count). The third-order valence-electron chi connectivity index (χ3n) is 7.26. The Morgan fingerprint density at radius 3 is 2.45 bits per heavy atom. The zero-order valence-corrected chi connectivity index (χ0v) is 17.2. The molecule has 2 aromatic rings. The van der Waals surface area contributed by atoms with Gasteiger partial charge in [-0.1, -0.05) is 30.3 Å². The van der Waals surface area contributed by atoms with Crippen molar-refractivity contribution < 1.29 is 19.1 Å². The maximum Gasteiger partial charge on any atom is 0.339 e. The quantitative estimate of drug-likeness (QED) is 0.776. The number of rotatable bonds is 4. The summed E-state index contributed by atoms with van der Waals surface area (Å²) in [6, 6.07) is 15.2. The van der Waals surface area contributed by atoms with Gasteiger partial charge in [0.1, 0.15) is 0 Å². The molecule has 31 heavy (non-hydrogen) atoms. The van der Waals surface area contributed by atoms with Crippen LogP contribution in [0.25, 0.3) is 0 Å². The molecule has 0 radical (unpaired) electrons. The van der Waals surface area contributed by atoms with Crippen LogP contribution in [0.3, 0.4) is 0 Å². The summed E-state index contributed by atoms with van der Waals surface area (Å²) in [6.45, 7) is 0.990. The summed E-state index contributed by atoms with van der Waals surface area (Å²) in [4.78, 5) is 39.7. The smallest absolute Gasteiger partial charge is 0.339 e. The Bertz CT molecular complexity index is 1100. The molecule has 158 valence electrons. The molecule has 3 fully saturated rings. The van der Waals surface area contributed by atoms with Crippen LogP contribution in [0.2, 0.25) is 0 Å². The highest BCUT2D eigenvalue weighted by molar-refractivity contribution is 5.96. The molecule has 1 spiro atoms. The highest BCUT2D eigenvalue weighted by atomic mass is 16.6. The van der Waals surface area contributed by atoms with Gasteiger partial charge in [0, 0.05) is 30.1 Å². The Morgan fingerprint density at radius 1 is 1.00 bits per heavy atom. The molecule has 1 saturated heterocycles. The fraction of sp³-hybridized carbons (Fsp3) is 0.400. The summed E-state index contributed by atoms with van der Waals surface area (Å²) in [6.07, 6.45) is 4.21. The third-order valence-corrected chi connectivity index (χ3v) is 7.26. The zero-order valence-electron chi connectivity index (χ0n) is 17.2. The van der Waals surface area contributed by atoms with Gasteiger partial charge in [-0.25, -0.2) is 4.79 Å². The monoisotopic (exact) mass is 416 g/mol. The fourth-order valence-electron chi connectivity index (χ4n) is 5.12. The Hall–Kier alpha value is -3.15. The van der Waals surface area contributed by atoms with Gasteiger partial charge in [0.05, 0.1) is 17.5 Å². The van der Waals surface area contributed by atoms with Crippen LogP contribution in [-0.4, -0.2) is 35.8 Å². The Morgan fingerprint density at radius 2 is 1.74 bits per heavy atom. The lowest BCUT2D eigenvalue weighted by Crippen LogP contribution is -2.40. The molecule has 2 aliphatic carbocycles. The Labute approximate surface area is 180 Å². The number of carbonyl (C=O) groups excluding carboxylic acids is 3. The maximum atomic E-state index is 13.5. The van der Waals surface area contributed by atoms with Gasteiger partial charge in [0.15, 0.2) is 5.60 Å². The highest BCUT2D eigenvalue weighted by Crippen LogP contribution is 2.52. The summed E-state index contributed by atoms with van der Waals surface area (Å²) in [5, 5.41) is 2.95. The summed E-state index contributed by atoms with van der Waals surface area (Å²) in [7, 11) is 0. The van der Waals surface area contributed by atoms with Gasteiger partial charge in [-0.15, -0.1) is 0 Å². The summed E-state index contributed by atoms with van der Waals surface area (Å²) < 4.78 is 5.80. The topological polar surface area (TPSA) is 75.7 Å². The van der Waals surface area contributed by atoms with E-state index in [0.29, 0.717) is 25.1 Å². The van der Waals surface area contributed by atoms with Crippen LogP contribution in [0.1, 0.15) is 53.6 Å². The number of likely N-dealkylation sites (tertiary alicyclic amines) is 1. The van der Waals surface area contributed by atoms with E-state index < -0.39 is 11.0 Å². The summed E-state index contributed by atoms with van der Waals surface area (Å²) >= 11 is 0. The fourth-order valence-corrected chi connectivity index (χ4v) is 5.12. The lowest BCUT2D eigenvalue weighted by atomic mass is 9.91. The predicted molar refractivity (Wildman–Crippen MR) is 113 cm³/mol. The van der Waals surface area contributed by atoms with Gasteiger partial charge in [0.2, 0.25) is 11.8 Å². The summed E-state index contributed by atoms with van der Waals surface area (Å²) in [5.41, 5.74) is 2.08. The molecule has 2 aromatic carbocycles. The van der Waals surface area contributed by atoms with E-state index >= 15 is 0 Å². The van der Waals surface area contributed by atoms with E-state index in [1.807, 2.05) is 47.4 Å². The van der Waals surface area contributed by atoms with Crippen LogP contribution >= 0.6 is 0 Å². The lowest BCUT2D eigenvalue weighted by molar-refractivity contribution is -0.134. The normalized spacial score (nSPS) is 25.3. The average molecular weight is 416 g/mol. The molecule has 2 heterocycles. The maximum absolute atomic E-state index is 13.5. The molecule has 0 aromatic heterocycles. The SMILES string of the molecule is O=C1OC2(CCN(C(=O)C3(c4ccc(NC(=O)C5CC5)cc4)CC3)C2)c2ccccc21. The van der Waals surface area contributed by atoms with Gasteiger partial charge in [0.25, 0.3) is 0 Å². The van der Waals surface area contributed by atoms with E-state index in [-0.39, 0.29) is 23.7 Å². The van der Waals surface area contributed by atoms with Crippen molar-refractivity contribution in [2.24, 2.45) is 5.92 Å². The Kier molecular flexibility index (Phi) is 3.86. The number of anilines is 1. The Balaban J connectivity index is 1.20. The second kappa shape index (κ2) is 6.42. The molecule has 1 unspecified atom stereocenters. The van der Waals surface area contributed by atoms with Crippen LogP contribution in [0.4, 0.5) is 5.69 Å². The average Bonchev–Trinajstić information content (AvgIpc) is 3.71. The summed E-state index contributed by atoms with van der Waals surface area (Å²) in [5.74, 6) is 0.0569. The van der Waals surface area contributed by atoms with E-state index in [2.05, 4.69) is 5.32 Å². The molecule has 1 N–H and O–H groups in total. The van der Waals surface area contributed by atoms with Crippen molar-refractivity contribution in [1.29, 1.82) is 0 Å². The van der Waals surface area contributed by atoms with Crippen LogP contribution in [-0.2, 0) is 25.3 Å². The molecule has 0 bridgehead atoms. The van der Waals surface area contributed by atoms with Crippen molar-refractivity contribution in [2.45, 2.75) is 43.1 Å². The van der Waals surface area contributed by atoms with Crippen molar-refractivity contribution in [3.05, 3.63) is 65.2 Å². The number of nitrogens with one attached hydrogen (secondary N) is 1. The molecule has 6 heteroatoms. The van der Waals surface area contributed by atoms with Crippen molar-refractivity contribution in [3.63, 3.8) is 0 Å². The molecule has 2 amide bonds. The number of fused-ring (bicyclic) bond motifs is 2. The second-order valence-corrected chi connectivity index (χ2v) is 9.33. The standard InChI is InChI=1S/C25H24N2O4/c28-21(16-5-6-16)26-18-9-7-17(8-10-18)24(11-12-24)23(30)27-14-13-25(15-27)20-4-2-1-3-19(20)22(29)31-25/h1-4,7-10,16H,5-6,11-15H2,(H,26,28). The van der Waals surface area contributed by atoms with Crippen molar-refractivity contribution >= 4 is 23.5 Å². The first-order chi connectivity index (χ1) is 15.0. The number of nitrogens with zero attached hydrogens (tertiary/aromatic N) is 1. The number of hydrogen-bond donors (Lipinski definition) is 1. The molecule has 4 aliphatic rings. The number of amides is 2. The van der Waals surface area contributed by atoms with E-state index in [9.17, 15) is 14.4 Å². The number of esters is 1. The predicted octanol–water partition coefficient (Wildman–Crippen LogP) is 3.36. The molecule has 6 nitrogen and oxygen atoms in total. The number of hydrogen-bond acceptors (Lipinski definition) is 4. The van der Waals surface area contributed by atoms with E-state index in [4.69, 9.17) is 4.74 Å². The molecule has 2 saturated carbocycles. The van der Waals surface area contributed by atoms with Gasteiger partial charge >= 0.3 is 5.97 Å². The van der Waals surface area contributed by atoms with Crippen LogP contribution in [0.5, 0.6) is 0 Å².